The Morgan fingerprint density at radius 3 is 2.22 bits per heavy atom. The number of ether oxygens (including phenoxy) is 1. The molecule has 4 bridgehead atoms. The molecule has 1 heterocycles. The van der Waals surface area contributed by atoms with Gasteiger partial charge in [0.2, 0.25) is 0 Å². The van der Waals surface area contributed by atoms with Crippen molar-refractivity contribution >= 4 is 17.9 Å². The first-order chi connectivity index (χ1) is 8.71. The SMILES string of the molecule is O=C(NC12CC3CC(CC(C3)C1)C2)OC[C@H]1CS1. The van der Waals surface area contributed by atoms with Crippen molar-refractivity contribution in [3.8, 4) is 0 Å². The Kier molecular flexibility index (Phi) is 2.58. The molecule has 4 saturated carbocycles. The van der Waals surface area contributed by atoms with Gasteiger partial charge >= 0.3 is 6.09 Å². The lowest BCUT2D eigenvalue weighted by Crippen LogP contribution is -2.60. The maximum Gasteiger partial charge on any atom is 0.407 e. The average molecular weight is 267 g/mol. The minimum atomic E-state index is -0.163. The molecule has 3 nitrogen and oxygen atoms in total. The highest BCUT2D eigenvalue weighted by molar-refractivity contribution is 8.06. The highest BCUT2D eigenvalue weighted by Gasteiger charge is 2.51. The van der Waals surface area contributed by atoms with Gasteiger partial charge in [0.05, 0.1) is 0 Å². The summed E-state index contributed by atoms with van der Waals surface area (Å²) in [5.74, 6) is 3.77. The largest absolute Gasteiger partial charge is 0.448 e. The van der Waals surface area contributed by atoms with E-state index in [2.05, 4.69) is 5.32 Å². The first-order valence-corrected chi connectivity index (χ1v) is 8.32. The number of nitrogens with one attached hydrogen (secondary N) is 1. The Bertz CT molecular complexity index is 332. The van der Waals surface area contributed by atoms with E-state index >= 15 is 0 Å². The van der Waals surface area contributed by atoms with Crippen molar-refractivity contribution in [1.29, 1.82) is 0 Å². The summed E-state index contributed by atoms with van der Waals surface area (Å²) in [7, 11) is 0. The molecule has 4 heteroatoms. The summed E-state index contributed by atoms with van der Waals surface area (Å²) in [6.45, 7) is 0.600. The number of thioether (sulfide) groups is 1. The molecule has 1 aliphatic heterocycles. The van der Waals surface area contributed by atoms with Crippen LogP contribution in [0.2, 0.25) is 0 Å². The number of amides is 1. The molecule has 0 radical (unpaired) electrons. The number of rotatable bonds is 3. The summed E-state index contributed by atoms with van der Waals surface area (Å²) < 4.78 is 5.33. The van der Waals surface area contributed by atoms with Crippen LogP contribution < -0.4 is 5.32 Å². The zero-order chi connectivity index (χ0) is 12.2. The monoisotopic (exact) mass is 267 g/mol. The van der Waals surface area contributed by atoms with Gasteiger partial charge in [0.15, 0.2) is 0 Å². The van der Waals surface area contributed by atoms with Crippen LogP contribution in [-0.4, -0.2) is 29.2 Å². The summed E-state index contributed by atoms with van der Waals surface area (Å²) in [5.41, 5.74) is 0.0997. The molecule has 5 fully saturated rings. The lowest BCUT2D eigenvalue weighted by molar-refractivity contribution is -0.0189. The number of hydrogen-bond acceptors (Lipinski definition) is 3. The molecule has 0 aromatic carbocycles. The van der Waals surface area contributed by atoms with E-state index in [4.69, 9.17) is 4.74 Å². The fraction of sp³-hybridized carbons (Fsp3) is 0.929. The van der Waals surface area contributed by atoms with Gasteiger partial charge in [-0.15, -0.1) is 0 Å². The number of alkyl carbamates (subject to hydrolysis) is 1. The van der Waals surface area contributed by atoms with E-state index in [-0.39, 0.29) is 11.6 Å². The van der Waals surface area contributed by atoms with Crippen LogP contribution in [0.15, 0.2) is 0 Å². The Balaban J connectivity index is 1.39. The van der Waals surface area contributed by atoms with Crippen molar-refractivity contribution < 1.29 is 9.53 Å². The Labute approximate surface area is 112 Å². The van der Waals surface area contributed by atoms with Gasteiger partial charge in [-0.1, -0.05) is 0 Å². The fourth-order valence-electron chi connectivity index (χ4n) is 4.85. The number of carbonyl (C=O) groups is 1. The predicted octanol–water partition coefficient (Wildman–Crippen LogP) is 2.80. The normalized spacial score (nSPS) is 48.0. The second-order valence-corrected chi connectivity index (χ2v) is 8.21. The maximum atomic E-state index is 11.9. The van der Waals surface area contributed by atoms with Crippen LogP contribution in [0.4, 0.5) is 4.79 Å². The van der Waals surface area contributed by atoms with E-state index < -0.39 is 0 Å². The Hall–Kier alpha value is -0.380. The van der Waals surface area contributed by atoms with Gasteiger partial charge in [-0.3, -0.25) is 0 Å². The molecule has 5 rings (SSSR count). The molecule has 5 aliphatic rings. The van der Waals surface area contributed by atoms with Gasteiger partial charge in [0, 0.05) is 16.5 Å². The molecule has 0 unspecified atom stereocenters. The molecule has 1 N–H and O–H groups in total. The quantitative estimate of drug-likeness (QED) is 0.799. The molecule has 0 spiro atoms. The minimum absolute atomic E-state index is 0.0997. The van der Waals surface area contributed by atoms with Gasteiger partial charge in [-0.2, -0.15) is 11.8 Å². The van der Waals surface area contributed by atoms with Crippen LogP contribution >= 0.6 is 11.8 Å². The van der Waals surface area contributed by atoms with E-state index in [0.29, 0.717) is 11.9 Å². The molecule has 0 aromatic heterocycles. The minimum Gasteiger partial charge on any atom is -0.448 e. The van der Waals surface area contributed by atoms with Crippen molar-refractivity contribution in [2.24, 2.45) is 17.8 Å². The van der Waals surface area contributed by atoms with E-state index in [1.807, 2.05) is 11.8 Å². The molecular weight excluding hydrogens is 246 g/mol. The van der Waals surface area contributed by atoms with Crippen molar-refractivity contribution in [2.45, 2.75) is 49.3 Å². The standard InChI is InChI=1S/C14H21NO2S/c16-13(17-7-12-8-18-12)15-14-4-9-1-10(5-14)3-11(2-9)6-14/h9-12H,1-8H2,(H,15,16)/t9?,10?,11?,12-,14?/m0/s1. The molecule has 1 atom stereocenters. The highest BCUT2D eigenvalue weighted by Crippen LogP contribution is 2.55. The van der Waals surface area contributed by atoms with E-state index in [0.717, 1.165) is 23.5 Å². The third-order valence-corrected chi connectivity index (χ3v) is 6.15. The molecule has 1 saturated heterocycles. The third kappa shape index (κ3) is 2.13. The molecule has 0 aromatic rings. The molecule has 18 heavy (non-hydrogen) atoms. The van der Waals surface area contributed by atoms with Gasteiger partial charge in [-0.05, 0) is 56.3 Å². The van der Waals surface area contributed by atoms with Crippen molar-refractivity contribution in [1.82, 2.24) is 5.32 Å². The van der Waals surface area contributed by atoms with Crippen LogP contribution in [0.25, 0.3) is 0 Å². The predicted molar refractivity (Wildman–Crippen MR) is 71.6 cm³/mol. The zero-order valence-corrected chi connectivity index (χ0v) is 11.5. The van der Waals surface area contributed by atoms with E-state index in [1.165, 1.54) is 38.5 Å². The van der Waals surface area contributed by atoms with Crippen LogP contribution in [0, 0.1) is 17.8 Å². The summed E-state index contributed by atoms with van der Waals surface area (Å²) in [4.78, 5) is 11.9. The maximum absolute atomic E-state index is 11.9. The van der Waals surface area contributed by atoms with Gasteiger partial charge in [0.25, 0.3) is 0 Å². The second-order valence-electron chi connectivity index (χ2n) is 6.88. The summed E-state index contributed by atoms with van der Waals surface area (Å²) >= 11 is 1.88. The first-order valence-electron chi connectivity index (χ1n) is 7.27. The summed E-state index contributed by atoms with van der Waals surface area (Å²) in [6, 6.07) is 0. The fourth-order valence-corrected chi connectivity index (χ4v) is 5.25. The van der Waals surface area contributed by atoms with Crippen LogP contribution in [0.1, 0.15) is 38.5 Å². The third-order valence-electron chi connectivity index (χ3n) is 5.21. The van der Waals surface area contributed by atoms with E-state index in [1.54, 1.807) is 0 Å². The number of hydrogen-bond donors (Lipinski definition) is 1. The lowest BCUT2D eigenvalue weighted by Gasteiger charge is -2.56. The molecule has 4 aliphatic carbocycles. The Morgan fingerprint density at radius 1 is 1.17 bits per heavy atom. The second kappa shape index (κ2) is 4.06. The summed E-state index contributed by atoms with van der Waals surface area (Å²) in [6.07, 6.45) is 7.67. The first kappa shape index (κ1) is 11.4. The lowest BCUT2D eigenvalue weighted by atomic mass is 9.53. The zero-order valence-electron chi connectivity index (χ0n) is 10.7. The van der Waals surface area contributed by atoms with E-state index in [9.17, 15) is 4.79 Å². The van der Waals surface area contributed by atoms with Crippen molar-refractivity contribution in [3.05, 3.63) is 0 Å². The number of carbonyl (C=O) groups excluding carboxylic acids is 1. The van der Waals surface area contributed by atoms with Crippen LogP contribution in [0.3, 0.4) is 0 Å². The van der Waals surface area contributed by atoms with Gasteiger partial charge in [0.1, 0.15) is 6.61 Å². The molecule has 1 amide bonds. The van der Waals surface area contributed by atoms with Crippen molar-refractivity contribution in [2.75, 3.05) is 12.4 Å². The Morgan fingerprint density at radius 2 is 1.72 bits per heavy atom. The topological polar surface area (TPSA) is 38.3 Å². The summed E-state index contributed by atoms with van der Waals surface area (Å²) in [5, 5.41) is 3.81. The van der Waals surface area contributed by atoms with Crippen molar-refractivity contribution in [3.63, 3.8) is 0 Å². The molecular formula is C14H21NO2S. The van der Waals surface area contributed by atoms with Crippen LogP contribution in [-0.2, 0) is 4.74 Å². The average Bonchev–Trinajstić information content (AvgIpc) is 3.07. The highest BCUT2D eigenvalue weighted by atomic mass is 32.2. The molecule has 100 valence electrons. The smallest absolute Gasteiger partial charge is 0.407 e. The van der Waals surface area contributed by atoms with Crippen LogP contribution in [0.5, 0.6) is 0 Å². The van der Waals surface area contributed by atoms with Gasteiger partial charge in [-0.25, -0.2) is 4.79 Å². The van der Waals surface area contributed by atoms with Gasteiger partial charge < -0.3 is 10.1 Å².